The fourth-order valence-electron chi connectivity index (χ4n) is 2.47. The fourth-order valence-corrected chi connectivity index (χ4v) is 2.65. The monoisotopic (exact) mass is 238 g/mol. The molecule has 0 aromatic heterocycles. The van der Waals surface area contributed by atoms with Gasteiger partial charge >= 0.3 is 0 Å². The van der Waals surface area contributed by atoms with Crippen LogP contribution in [0.2, 0.25) is 5.02 Å². The Morgan fingerprint density at radius 3 is 3.00 bits per heavy atom. The van der Waals surface area contributed by atoms with E-state index in [0.29, 0.717) is 12.0 Å². The van der Waals surface area contributed by atoms with Crippen molar-refractivity contribution in [2.45, 2.75) is 25.3 Å². The third-order valence-corrected chi connectivity index (χ3v) is 3.70. The zero-order chi connectivity index (χ0) is 11.7. The third kappa shape index (κ3) is 2.18. The average molecular weight is 239 g/mol. The van der Waals surface area contributed by atoms with Crippen molar-refractivity contribution in [1.82, 2.24) is 5.32 Å². The highest BCUT2D eigenvalue weighted by molar-refractivity contribution is 6.30. The van der Waals surface area contributed by atoms with Crippen LogP contribution in [0.3, 0.4) is 0 Å². The maximum atomic E-state index is 6.07. The summed E-state index contributed by atoms with van der Waals surface area (Å²) in [7, 11) is 4.17. The molecule has 1 aromatic rings. The molecule has 2 rings (SSSR count). The summed E-state index contributed by atoms with van der Waals surface area (Å²) < 4.78 is 0. The molecule has 0 amide bonds. The number of nitrogens with one attached hydrogen (secondary N) is 1. The van der Waals surface area contributed by atoms with E-state index in [-0.39, 0.29) is 0 Å². The first-order valence-electron chi connectivity index (χ1n) is 5.79. The van der Waals surface area contributed by atoms with Crippen LogP contribution in [0.15, 0.2) is 18.2 Å². The number of halogens is 1. The van der Waals surface area contributed by atoms with Crippen molar-refractivity contribution in [3.05, 3.63) is 28.8 Å². The first-order chi connectivity index (χ1) is 7.61. The van der Waals surface area contributed by atoms with Crippen LogP contribution in [0.5, 0.6) is 0 Å². The summed E-state index contributed by atoms with van der Waals surface area (Å²) in [6.45, 7) is 3.32. The van der Waals surface area contributed by atoms with Gasteiger partial charge in [-0.2, -0.15) is 0 Å². The Hall–Kier alpha value is -0.730. The zero-order valence-electron chi connectivity index (χ0n) is 10.1. The molecule has 88 valence electrons. The molecule has 0 spiro atoms. The van der Waals surface area contributed by atoms with Crippen LogP contribution in [-0.4, -0.2) is 26.7 Å². The standard InChI is InChI=1S/C13H19ClN2/c1-9(15-2)6-10-8-16(3)13-5-4-11(14)7-12(10)13/h4-5,7,9-10,15H,6,8H2,1-3H3. The normalized spacial score (nSPS) is 21.0. The van der Waals surface area contributed by atoms with E-state index in [2.05, 4.69) is 36.3 Å². The van der Waals surface area contributed by atoms with Crippen molar-refractivity contribution in [3.8, 4) is 0 Å². The fraction of sp³-hybridized carbons (Fsp3) is 0.538. The molecule has 0 radical (unpaired) electrons. The molecule has 1 aromatic carbocycles. The number of anilines is 1. The summed E-state index contributed by atoms with van der Waals surface area (Å²) in [5.74, 6) is 0.598. The molecule has 1 aliphatic rings. The van der Waals surface area contributed by atoms with Gasteiger partial charge in [-0.1, -0.05) is 11.6 Å². The van der Waals surface area contributed by atoms with E-state index in [1.807, 2.05) is 13.1 Å². The molecule has 0 fully saturated rings. The number of fused-ring (bicyclic) bond motifs is 1. The Morgan fingerprint density at radius 1 is 1.56 bits per heavy atom. The molecule has 0 saturated carbocycles. The van der Waals surface area contributed by atoms with Gasteiger partial charge in [0.05, 0.1) is 0 Å². The largest absolute Gasteiger partial charge is 0.374 e. The van der Waals surface area contributed by atoms with Crippen molar-refractivity contribution < 1.29 is 0 Å². The van der Waals surface area contributed by atoms with E-state index >= 15 is 0 Å². The lowest BCUT2D eigenvalue weighted by Gasteiger charge is -2.17. The van der Waals surface area contributed by atoms with Crippen molar-refractivity contribution in [2.75, 3.05) is 25.5 Å². The Bertz CT molecular complexity index is 378. The van der Waals surface area contributed by atoms with Gasteiger partial charge in [-0.25, -0.2) is 0 Å². The SMILES string of the molecule is CNC(C)CC1CN(C)c2ccc(Cl)cc21. The summed E-state index contributed by atoms with van der Waals surface area (Å²) in [5.41, 5.74) is 2.73. The second-order valence-corrected chi connectivity index (χ2v) is 5.14. The van der Waals surface area contributed by atoms with Gasteiger partial charge in [-0.05, 0) is 44.2 Å². The van der Waals surface area contributed by atoms with Crippen molar-refractivity contribution in [3.63, 3.8) is 0 Å². The molecular weight excluding hydrogens is 220 g/mol. The predicted octanol–water partition coefficient (Wildman–Crippen LogP) is 2.87. The molecule has 0 saturated heterocycles. The lowest BCUT2D eigenvalue weighted by molar-refractivity contribution is 0.508. The quantitative estimate of drug-likeness (QED) is 0.871. The summed E-state index contributed by atoms with van der Waals surface area (Å²) in [4.78, 5) is 2.32. The average Bonchev–Trinajstić information content (AvgIpc) is 2.55. The molecule has 1 N–H and O–H groups in total. The van der Waals surface area contributed by atoms with Gasteiger partial charge in [0.2, 0.25) is 0 Å². The van der Waals surface area contributed by atoms with Crippen LogP contribution in [0.25, 0.3) is 0 Å². The number of benzene rings is 1. The molecule has 2 nitrogen and oxygen atoms in total. The van der Waals surface area contributed by atoms with Gasteiger partial charge < -0.3 is 10.2 Å². The smallest absolute Gasteiger partial charge is 0.0410 e. The van der Waals surface area contributed by atoms with Gasteiger partial charge in [-0.15, -0.1) is 0 Å². The van der Waals surface area contributed by atoms with Crippen LogP contribution < -0.4 is 10.2 Å². The number of likely N-dealkylation sites (N-methyl/N-ethyl adjacent to an activating group) is 1. The molecular formula is C13H19ClN2. The summed E-state index contributed by atoms with van der Waals surface area (Å²) in [6, 6.07) is 6.76. The number of hydrogen-bond donors (Lipinski definition) is 1. The molecule has 1 aliphatic heterocycles. The molecule has 2 unspecified atom stereocenters. The summed E-state index contributed by atoms with van der Waals surface area (Å²) >= 11 is 6.07. The Balaban J connectivity index is 2.24. The molecule has 0 aliphatic carbocycles. The predicted molar refractivity (Wildman–Crippen MR) is 70.6 cm³/mol. The van der Waals surface area contributed by atoms with Crippen LogP contribution in [0, 0.1) is 0 Å². The molecule has 16 heavy (non-hydrogen) atoms. The lowest BCUT2D eigenvalue weighted by Crippen LogP contribution is -2.25. The Kier molecular flexibility index (Phi) is 3.41. The Morgan fingerprint density at radius 2 is 2.31 bits per heavy atom. The zero-order valence-corrected chi connectivity index (χ0v) is 10.9. The minimum absolute atomic E-state index is 0.545. The second-order valence-electron chi connectivity index (χ2n) is 4.71. The summed E-state index contributed by atoms with van der Waals surface area (Å²) in [5, 5.41) is 4.14. The topological polar surface area (TPSA) is 15.3 Å². The highest BCUT2D eigenvalue weighted by atomic mass is 35.5. The van der Waals surface area contributed by atoms with E-state index in [1.165, 1.54) is 11.3 Å². The maximum absolute atomic E-state index is 6.07. The Labute approximate surface area is 103 Å². The third-order valence-electron chi connectivity index (χ3n) is 3.47. The lowest BCUT2D eigenvalue weighted by atomic mass is 9.94. The van der Waals surface area contributed by atoms with Crippen molar-refractivity contribution in [1.29, 1.82) is 0 Å². The van der Waals surface area contributed by atoms with Gasteiger partial charge in [0.25, 0.3) is 0 Å². The first-order valence-corrected chi connectivity index (χ1v) is 6.17. The molecule has 1 heterocycles. The van der Waals surface area contributed by atoms with Gasteiger partial charge in [0, 0.05) is 36.3 Å². The summed E-state index contributed by atoms with van der Waals surface area (Å²) in [6.07, 6.45) is 1.16. The highest BCUT2D eigenvalue weighted by Crippen LogP contribution is 2.39. The van der Waals surface area contributed by atoms with E-state index in [1.54, 1.807) is 0 Å². The minimum Gasteiger partial charge on any atom is -0.374 e. The van der Waals surface area contributed by atoms with Crippen molar-refractivity contribution in [2.24, 2.45) is 0 Å². The van der Waals surface area contributed by atoms with Crippen LogP contribution >= 0.6 is 11.6 Å². The van der Waals surface area contributed by atoms with Crippen LogP contribution in [-0.2, 0) is 0 Å². The first kappa shape index (κ1) is 11.7. The number of nitrogens with zero attached hydrogens (tertiary/aromatic N) is 1. The molecule has 2 atom stereocenters. The van der Waals surface area contributed by atoms with E-state index in [0.717, 1.165) is 18.0 Å². The second kappa shape index (κ2) is 4.64. The molecule has 3 heteroatoms. The maximum Gasteiger partial charge on any atom is 0.0410 e. The van der Waals surface area contributed by atoms with Gasteiger partial charge in [-0.3, -0.25) is 0 Å². The van der Waals surface area contributed by atoms with Gasteiger partial charge in [0.15, 0.2) is 0 Å². The van der Waals surface area contributed by atoms with E-state index in [9.17, 15) is 0 Å². The minimum atomic E-state index is 0.545. The number of rotatable bonds is 3. The van der Waals surface area contributed by atoms with Crippen LogP contribution in [0.4, 0.5) is 5.69 Å². The highest BCUT2D eigenvalue weighted by Gasteiger charge is 2.27. The van der Waals surface area contributed by atoms with E-state index in [4.69, 9.17) is 11.6 Å². The number of hydrogen-bond acceptors (Lipinski definition) is 2. The van der Waals surface area contributed by atoms with Crippen molar-refractivity contribution >= 4 is 17.3 Å². The molecule has 0 bridgehead atoms. The van der Waals surface area contributed by atoms with E-state index < -0.39 is 0 Å². The van der Waals surface area contributed by atoms with Gasteiger partial charge in [0.1, 0.15) is 0 Å². The van der Waals surface area contributed by atoms with Crippen LogP contribution in [0.1, 0.15) is 24.8 Å².